The number of carbonyl (C=O) groups is 1. The molecular formula is C31H42N2O8S. The van der Waals surface area contributed by atoms with Crippen molar-refractivity contribution in [2.75, 3.05) is 53.6 Å². The molecule has 10 nitrogen and oxygen atoms in total. The van der Waals surface area contributed by atoms with Crippen LogP contribution in [-0.2, 0) is 24.3 Å². The highest BCUT2D eigenvalue weighted by Gasteiger charge is 2.32. The number of ether oxygens (including phenoxy) is 4. The number of carbonyl (C=O) groups excluding carboxylic acids is 1. The van der Waals surface area contributed by atoms with Crippen molar-refractivity contribution in [2.45, 2.75) is 55.6 Å². The second kappa shape index (κ2) is 15.4. The molecule has 2 aliphatic heterocycles. The van der Waals surface area contributed by atoms with Gasteiger partial charge in [-0.15, -0.1) is 0 Å². The minimum absolute atomic E-state index is 0.00110. The summed E-state index contributed by atoms with van der Waals surface area (Å²) in [4.78, 5) is 15.5. The van der Waals surface area contributed by atoms with Crippen LogP contribution in [0.4, 0.5) is 0 Å². The summed E-state index contributed by atoms with van der Waals surface area (Å²) in [5.41, 5.74) is 0.995. The molecule has 0 spiro atoms. The number of allylic oxidation sites excluding steroid dienone is 1. The monoisotopic (exact) mass is 602 g/mol. The molecular weight excluding hydrogens is 560 g/mol. The lowest BCUT2D eigenvalue weighted by Crippen LogP contribution is -2.39. The van der Waals surface area contributed by atoms with E-state index in [-0.39, 0.29) is 48.8 Å². The fourth-order valence-corrected chi connectivity index (χ4v) is 6.66. The number of benzene rings is 2. The van der Waals surface area contributed by atoms with Crippen molar-refractivity contribution in [3.05, 3.63) is 65.9 Å². The normalized spacial score (nSPS) is 19.8. The van der Waals surface area contributed by atoms with E-state index in [2.05, 4.69) is 0 Å². The minimum Gasteiger partial charge on any atom is -0.497 e. The first-order valence-corrected chi connectivity index (χ1v) is 16.0. The standard InChI is InChI=1S/C31H42N2O8S/c1-38-26-10-8-24(9-11-26)25-22-29(31(35)32-16-6-4-3-5-7-17-32)41-30(23-25)40-21-19-33(18-20-34)42(36,37)28-14-12-27(39-2)13-15-28/h8-15,22,25,30,34H,3-7,16-21,23H2,1-2H3/t25-,30+/m1/s1. The van der Waals surface area contributed by atoms with Crippen LogP contribution in [0.3, 0.4) is 0 Å². The van der Waals surface area contributed by atoms with Gasteiger partial charge in [0.1, 0.15) is 11.5 Å². The van der Waals surface area contributed by atoms with E-state index < -0.39 is 16.3 Å². The number of likely N-dealkylation sites (tertiary alicyclic amines) is 1. The molecule has 0 aliphatic carbocycles. The van der Waals surface area contributed by atoms with Gasteiger partial charge in [0.2, 0.25) is 16.3 Å². The molecule has 2 aromatic rings. The Morgan fingerprint density at radius 3 is 2.12 bits per heavy atom. The molecule has 0 aromatic heterocycles. The van der Waals surface area contributed by atoms with Crippen molar-refractivity contribution in [2.24, 2.45) is 0 Å². The van der Waals surface area contributed by atoms with E-state index in [1.54, 1.807) is 19.2 Å². The Hall–Kier alpha value is -3.12. The lowest BCUT2D eigenvalue weighted by molar-refractivity contribution is -0.153. The number of nitrogens with zero attached hydrogens (tertiary/aromatic N) is 2. The Bertz CT molecular complexity index is 1270. The number of hydrogen-bond donors (Lipinski definition) is 1. The fourth-order valence-electron chi connectivity index (χ4n) is 5.25. The van der Waals surface area contributed by atoms with Gasteiger partial charge in [-0.2, -0.15) is 4.31 Å². The van der Waals surface area contributed by atoms with Crippen molar-refractivity contribution in [3.63, 3.8) is 0 Å². The summed E-state index contributed by atoms with van der Waals surface area (Å²) in [5, 5.41) is 9.58. The van der Waals surface area contributed by atoms with Gasteiger partial charge in [0.15, 0.2) is 5.76 Å². The Labute approximate surface area is 248 Å². The summed E-state index contributed by atoms with van der Waals surface area (Å²) in [7, 11) is -0.762. The van der Waals surface area contributed by atoms with E-state index in [4.69, 9.17) is 18.9 Å². The number of sulfonamides is 1. The summed E-state index contributed by atoms with van der Waals surface area (Å²) in [5.74, 6) is 1.25. The van der Waals surface area contributed by atoms with E-state index >= 15 is 0 Å². The van der Waals surface area contributed by atoms with Gasteiger partial charge >= 0.3 is 0 Å². The zero-order chi connectivity index (χ0) is 30.0. The number of aliphatic hydroxyl groups excluding tert-OH is 1. The van der Waals surface area contributed by atoms with Crippen molar-refractivity contribution >= 4 is 15.9 Å². The molecule has 0 saturated carbocycles. The highest BCUT2D eigenvalue weighted by molar-refractivity contribution is 7.89. The third kappa shape index (κ3) is 8.25. The van der Waals surface area contributed by atoms with Crippen LogP contribution in [0.5, 0.6) is 11.5 Å². The van der Waals surface area contributed by atoms with Crippen molar-refractivity contribution < 1.29 is 37.3 Å². The van der Waals surface area contributed by atoms with Gasteiger partial charge in [0, 0.05) is 38.5 Å². The molecule has 0 unspecified atom stereocenters. The summed E-state index contributed by atoms with van der Waals surface area (Å²) in [6.07, 6.45) is 6.90. The smallest absolute Gasteiger partial charge is 0.288 e. The largest absolute Gasteiger partial charge is 0.497 e. The number of methoxy groups -OCH3 is 2. The van der Waals surface area contributed by atoms with E-state index in [1.807, 2.05) is 35.2 Å². The maximum absolute atomic E-state index is 13.6. The van der Waals surface area contributed by atoms with Gasteiger partial charge in [-0.05, 0) is 60.9 Å². The molecule has 1 N–H and O–H groups in total. The zero-order valence-corrected chi connectivity index (χ0v) is 25.3. The third-order valence-corrected chi connectivity index (χ3v) is 9.56. The van der Waals surface area contributed by atoms with Crippen LogP contribution in [0.2, 0.25) is 0 Å². The Kier molecular flexibility index (Phi) is 11.6. The molecule has 230 valence electrons. The maximum Gasteiger partial charge on any atom is 0.288 e. The second-order valence-electron chi connectivity index (χ2n) is 10.4. The lowest BCUT2D eigenvalue weighted by atomic mass is 9.92. The predicted molar refractivity (Wildman–Crippen MR) is 158 cm³/mol. The first kappa shape index (κ1) is 31.8. The molecule has 2 heterocycles. The predicted octanol–water partition coefficient (Wildman–Crippen LogP) is 3.91. The van der Waals surface area contributed by atoms with Crippen molar-refractivity contribution in [1.29, 1.82) is 0 Å². The summed E-state index contributed by atoms with van der Waals surface area (Å²) in [6, 6.07) is 13.8. The quantitative estimate of drug-likeness (QED) is 0.389. The number of amides is 1. The number of rotatable bonds is 12. The molecule has 0 bridgehead atoms. The topological polar surface area (TPSA) is 115 Å². The van der Waals surface area contributed by atoms with E-state index in [0.29, 0.717) is 25.3 Å². The molecule has 0 radical (unpaired) electrons. The Morgan fingerprint density at radius 2 is 1.52 bits per heavy atom. The lowest BCUT2D eigenvalue weighted by Gasteiger charge is -2.33. The average molecular weight is 603 g/mol. The molecule has 2 aromatic carbocycles. The van der Waals surface area contributed by atoms with Crippen molar-refractivity contribution in [1.82, 2.24) is 9.21 Å². The summed E-state index contributed by atoms with van der Waals surface area (Å²) >= 11 is 0. The first-order chi connectivity index (χ1) is 20.3. The number of aliphatic hydroxyl groups is 1. The van der Waals surface area contributed by atoms with Crippen LogP contribution in [0, 0.1) is 0 Å². The first-order valence-electron chi connectivity index (χ1n) is 14.5. The molecule has 4 rings (SSSR count). The van der Waals surface area contributed by atoms with Gasteiger partial charge in [-0.1, -0.05) is 31.4 Å². The van der Waals surface area contributed by atoms with Crippen LogP contribution in [0.1, 0.15) is 50.0 Å². The van der Waals surface area contributed by atoms with E-state index in [1.165, 1.54) is 30.0 Å². The van der Waals surface area contributed by atoms with Crippen LogP contribution >= 0.6 is 0 Å². The molecule has 1 fully saturated rings. The molecule has 2 aliphatic rings. The fraction of sp³-hybridized carbons (Fsp3) is 0.516. The molecule has 2 atom stereocenters. The van der Waals surface area contributed by atoms with Gasteiger partial charge in [0.05, 0.1) is 32.3 Å². The highest BCUT2D eigenvalue weighted by atomic mass is 32.2. The zero-order valence-electron chi connectivity index (χ0n) is 24.4. The van der Waals surface area contributed by atoms with Gasteiger partial charge in [-0.25, -0.2) is 8.42 Å². The SMILES string of the molecule is COc1ccc([C@@H]2C=C(C(=O)N3CCCCCCC3)O[C@H](OCCN(CCO)S(=O)(=O)c3ccc(OC)cc3)C2)cc1. The third-order valence-electron chi connectivity index (χ3n) is 7.65. The summed E-state index contributed by atoms with van der Waals surface area (Å²) < 4.78 is 50.3. The van der Waals surface area contributed by atoms with Crippen LogP contribution in [-0.4, -0.2) is 88.5 Å². The Balaban J connectivity index is 1.47. The Morgan fingerprint density at radius 1 is 0.929 bits per heavy atom. The molecule has 1 saturated heterocycles. The molecule has 1 amide bonds. The second-order valence-corrected chi connectivity index (χ2v) is 12.4. The van der Waals surface area contributed by atoms with Crippen molar-refractivity contribution in [3.8, 4) is 11.5 Å². The number of hydrogen-bond acceptors (Lipinski definition) is 8. The highest BCUT2D eigenvalue weighted by Crippen LogP contribution is 2.33. The van der Waals surface area contributed by atoms with Crippen LogP contribution in [0.25, 0.3) is 0 Å². The van der Waals surface area contributed by atoms with E-state index in [0.717, 1.165) is 37.0 Å². The van der Waals surface area contributed by atoms with Gasteiger partial charge < -0.3 is 29.0 Å². The average Bonchev–Trinajstić information content (AvgIpc) is 3.00. The van der Waals surface area contributed by atoms with Crippen LogP contribution in [0.15, 0.2) is 65.3 Å². The molecule has 42 heavy (non-hydrogen) atoms. The van der Waals surface area contributed by atoms with Gasteiger partial charge in [-0.3, -0.25) is 4.79 Å². The van der Waals surface area contributed by atoms with Gasteiger partial charge in [0.25, 0.3) is 5.91 Å². The summed E-state index contributed by atoms with van der Waals surface area (Å²) in [6.45, 7) is 0.971. The maximum atomic E-state index is 13.6. The van der Waals surface area contributed by atoms with Crippen LogP contribution < -0.4 is 9.47 Å². The molecule has 11 heteroatoms. The van der Waals surface area contributed by atoms with E-state index in [9.17, 15) is 18.3 Å². The minimum atomic E-state index is -3.88.